The summed E-state index contributed by atoms with van der Waals surface area (Å²) in [5.74, 6) is 2.26. The number of hydrogen-bond donors (Lipinski definition) is 2. The second kappa shape index (κ2) is 11.5. The fourth-order valence-corrected chi connectivity index (χ4v) is 5.09. The first-order valence-electron chi connectivity index (χ1n) is 13.4. The molecular weight excluding hydrogens is 454 g/mol. The zero-order valence-electron chi connectivity index (χ0n) is 21.8. The molecular formula is C26H39N9O. The lowest BCUT2D eigenvalue weighted by Gasteiger charge is -2.32. The molecule has 5 rings (SSSR count). The van der Waals surface area contributed by atoms with E-state index in [-0.39, 0.29) is 0 Å². The van der Waals surface area contributed by atoms with E-state index in [1.807, 2.05) is 29.9 Å². The molecule has 2 N–H and O–H groups in total. The minimum atomic E-state index is 0.384. The lowest BCUT2D eigenvalue weighted by atomic mass is 10.1. The quantitative estimate of drug-likeness (QED) is 0.436. The average molecular weight is 494 g/mol. The van der Waals surface area contributed by atoms with E-state index in [0.717, 1.165) is 79.1 Å². The fraction of sp³-hybridized carbons (Fsp3) is 0.615. The third-order valence-corrected chi connectivity index (χ3v) is 6.93. The van der Waals surface area contributed by atoms with E-state index >= 15 is 0 Å². The van der Waals surface area contributed by atoms with Crippen LogP contribution in [0.15, 0.2) is 18.3 Å². The van der Waals surface area contributed by atoms with Gasteiger partial charge in [0.2, 0.25) is 5.95 Å². The van der Waals surface area contributed by atoms with Crippen molar-refractivity contribution in [1.29, 1.82) is 0 Å². The lowest BCUT2D eigenvalue weighted by molar-refractivity contribution is 0.137. The Morgan fingerprint density at radius 2 is 2.03 bits per heavy atom. The van der Waals surface area contributed by atoms with Crippen molar-refractivity contribution in [2.75, 3.05) is 56.2 Å². The van der Waals surface area contributed by atoms with E-state index in [2.05, 4.69) is 39.3 Å². The Morgan fingerprint density at radius 3 is 2.81 bits per heavy atom. The molecule has 10 nitrogen and oxygen atoms in total. The molecule has 36 heavy (non-hydrogen) atoms. The number of nitrogens with one attached hydrogen (secondary N) is 2. The number of pyridine rings is 1. The average Bonchev–Trinajstić information content (AvgIpc) is 3.22. The number of fused-ring (bicyclic) bond motifs is 1. The molecule has 0 aliphatic carbocycles. The van der Waals surface area contributed by atoms with Gasteiger partial charge in [0.1, 0.15) is 22.5 Å². The Morgan fingerprint density at radius 1 is 1.17 bits per heavy atom. The van der Waals surface area contributed by atoms with Crippen LogP contribution >= 0.6 is 0 Å². The highest BCUT2D eigenvalue weighted by Gasteiger charge is 2.25. The van der Waals surface area contributed by atoms with Gasteiger partial charge in [-0.05, 0) is 64.4 Å². The van der Waals surface area contributed by atoms with Crippen molar-refractivity contribution in [1.82, 2.24) is 34.9 Å². The molecule has 2 aliphatic rings. The molecule has 0 unspecified atom stereocenters. The van der Waals surface area contributed by atoms with E-state index in [0.29, 0.717) is 25.8 Å². The number of piperazine rings is 1. The van der Waals surface area contributed by atoms with Crippen LogP contribution in [-0.2, 0) is 17.8 Å². The number of aryl methyl sites for hydroxylation is 1. The largest absolute Gasteiger partial charge is 0.380 e. The van der Waals surface area contributed by atoms with Crippen molar-refractivity contribution in [2.45, 2.75) is 59.2 Å². The standard InChI is InChI=1S/C26H39N9O/c1-4-36-15-14-35-24-23(21(32-35)18-33-11-6-5-7-12-33)30-26(34-13-10-27-20(3)17-34)31-25(24)29-22-16-19(2)8-9-28-22/h8-9,16,20,27H,4-7,10-15,17-18H2,1-3H3,(H,28,29,30,31)/t20-/m1/s1. The first kappa shape index (κ1) is 24.9. The molecule has 0 bridgehead atoms. The van der Waals surface area contributed by atoms with Crippen molar-refractivity contribution in [3.05, 3.63) is 29.6 Å². The van der Waals surface area contributed by atoms with Gasteiger partial charge in [-0.3, -0.25) is 9.58 Å². The summed E-state index contributed by atoms with van der Waals surface area (Å²) in [7, 11) is 0. The van der Waals surface area contributed by atoms with Gasteiger partial charge in [-0.2, -0.15) is 10.1 Å². The predicted molar refractivity (Wildman–Crippen MR) is 143 cm³/mol. The highest BCUT2D eigenvalue weighted by Crippen LogP contribution is 2.30. The van der Waals surface area contributed by atoms with Gasteiger partial charge >= 0.3 is 0 Å². The number of ether oxygens (including phenoxy) is 1. The van der Waals surface area contributed by atoms with Crippen LogP contribution < -0.4 is 15.5 Å². The summed E-state index contributed by atoms with van der Waals surface area (Å²) >= 11 is 0. The minimum Gasteiger partial charge on any atom is -0.380 e. The van der Waals surface area contributed by atoms with Crippen LogP contribution in [0.5, 0.6) is 0 Å². The van der Waals surface area contributed by atoms with Gasteiger partial charge in [-0.25, -0.2) is 9.97 Å². The van der Waals surface area contributed by atoms with Crippen LogP contribution in [0.3, 0.4) is 0 Å². The fourth-order valence-electron chi connectivity index (χ4n) is 5.09. The van der Waals surface area contributed by atoms with Gasteiger partial charge in [0.15, 0.2) is 5.82 Å². The van der Waals surface area contributed by atoms with Crippen molar-refractivity contribution < 1.29 is 4.74 Å². The number of piperidine rings is 1. The van der Waals surface area contributed by atoms with Gasteiger partial charge in [0.05, 0.1) is 13.2 Å². The summed E-state index contributed by atoms with van der Waals surface area (Å²) in [4.78, 5) is 19.5. The molecule has 2 saturated heterocycles. The molecule has 2 fully saturated rings. The molecule has 0 spiro atoms. The Bertz CT molecular complexity index is 1160. The highest BCUT2D eigenvalue weighted by atomic mass is 16.5. The third-order valence-electron chi connectivity index (χ3n) is 6.93. The second-order valence-corrected chi connectivity index (χ2v) is 9.92. The molecule has 2 aliphatic heterocycles. The van der Waals surface area contributed by atoms with Crippen LogP contribution in [0.25, 0.3) is 11.0 Å². The highest BCUT2D eigenvalue weighted by molar-refractivity contribution is 5.90. The van der Waals surface area contributed by atoms with Gasteiger partial charge < -0.3 is 20.3 Å². The summed E-state index contributed by atoms with van der Waals surface area (Å²) < 4.78 is 7.71. The number of nitrogens with zero attached hydrogens (tertiary/aromatic N) is 7. The van der Waals surface area contributed by atoms with Crippen molar-refractivity contribution >= 4 is 28.6 Å². The van der Waals surface area contributed by atoms with Crippen molar-refractivity contribution in [3.63, 3.8) is 0 Å². The smallest absolute Gasteiger partial charge is 0.228 e. The summed E-state index contributed by atoms with van der Waals surface area (Å²) in [6, 6.07) is 4.42. The zero-order valence-corrected chi connectivity index (χ0v) is 21.8. The van der Waals surface area contributed by atoms with Crippen LogP contribution in [-0.4, -0.2) is 81.6 Å². The molecule has 0 amide bonds. The van der Waals surface area contributed by atoms with Crippen LogP contribution in [0.1, 0.15) is 44.4 Å². The maximum absolute atomic E-state index is 5.69. The molecule has 5 heterocycles. The Hall–Kier alpha value is -2.82. The second-order valence-electron chi connectivity index (χ2n) is 9.92. The molecule has 3 aromatic rings. The number of aromatic nitrogens is 5. The number of anilines is 3. The van der Waals surface area contributed by atoms with Gasteiger partial charge in [-0.15, -0.1) is 0 Å². The van der Waals surface area contributed by atoms with Gasteiger partial charge in [0.25, 0.3) is 0 Å². The van der Waals surface area contributed by atoms with Crippen molar-refractivity contribution in [2.24, 2.45) is 0 Å². The molecule has 3 aromatic heterocycles. The SMILES string of the molecule is CCOCCn1nc(CN2CCCCC2)c2nc(N3CCN[C@H](C)C3)nc(Nc3cc(C)ccn3)c21. The summed E-state index contributed by atoms with van der Waals surface area (Å²) in [6.07, 6.45) is 5.62. The summed E-state index contributed by atoms with van der Waals surface area (Å²) in [5.41, 5.74) is 3.99. The molecule has 0 radical (unpaired) electrons. The van der Waals surface area contributed by atoms with E-state index < -0.39 is 0 Å². The zero-order chi connectivity index (χ0) is 24.9. The first-order chi connectivity index (χ1) is 17.6. The van der Waals surface area contributed by atoms with Crippen molar-refractivity contribution in [3.8, 4) is 0 Å². The molecule has 0 saturated carbocycles. The number of likely N-dealkylation sites (tertiary alicyclic amines) is 1. The monoisotopic (exact) mass is 493 g/mol. The molecule has 1 atom stereocenters. The topological polar surface area (TPSA) is 96.3 Å². The minimum absolute atomic E-state index is 0.384. The van der Waals surface area contributed by atoms with E-state index in [9.17, 15) is 0 Å². The lowest BCUT2D eigenvalue weighted by Crippen LogP contribution is -2.49. The van der Waals surface area contributed by atoms with Crippen LogP contribution in [0.2, 0.25) is 0 Å². The normalized spacial score (nSPS) is 19.2. The summed E-state index contributed by atoms with van der Waals surface area (Å²) in [6.45, 7) is 13.9. The Kier molecular flexibility index (Phi) is 7.93. The molecule has 0 aromatic carbocycles. The van der Waals surface area contributed by atoms with E-state index in [1.165, 1.54) is 19.3 Å². The molecule has 10 heteroatoms. The predicted octanol–water partition coefficient (Wildman–Crippen LogP) is 3.09. The Balaban J connectivity index is 1.60. The summed E-state index contributed by atoms with van der Waals surface area (Å²) in [5, 5.41) is 12.1. The van der Waals surface area contributed by atoms with Crippen LogP contribution in [0, 0.1) is 6.92 Å². The maximum Gasteiger partial charge on any atom is 0.228 e. The Labute approximate surface area is 213 Å². The number of rotatable bonds is 9. The number of hydrogen-bond acceptors (Lipinski definition) is 9. The van der Waals surface area contributed by atoms with Gasteiger partial charge in [0, 0.05) is 45.0 Å². The van der Waals surface area contributed by atoms with E-state index in [4.69, 9.17) is 19.8 Å². The van der Waals surface area contributed by atoms with Crippen LogP contribution in [0.4, 0.5) is 17.6 Å². The molecule has 194 valence electrons. The van der Waals surface area contributed by atoms with E-state index in [1.54, 1.807) is 0 Å². The van der Waals surface area contributed by atoms with Gasteiger partial charge in [-0.1, -0.05) is 6.42 Å². The third kappa shape index (κ3) is 5.77. The first-order valence-corrected chi connectivity index (χ1v) is 13.4. The maximum atomic E-state index is 5.69.